The summed E-state index contributed by atoms with van der Waals surface area (Å²) >= 11 is 5.19. The molecule has 0 amide bonds. The summed E-state index contributed by atoms with van der Waals surface area (Å²) in [5, 5.41) is 5.40. The Hall–Kier alpha value is -0.840. The highest BCUT2D eigenvalue weighted by atomic mass is 79.9. The molecule has 0 saturated heterocycles. The molecule has 4 heteroatoms. The van der Waals surface area contributed by atoms with Gasteiger partial charge in [-0.1, -0.05) is 28.1 Å². The second kappa shape index (κ2) is 6.36. The summed E-state index contributed by atoms with van der Waals surface area (Å²) in [5.74, 6) is 0.936. The van der Waals surface area contributed by atoms with Crippen LogP contribution >= 0.6 is 27.3 Å². The van der Waals surface area contributed by atoms with Gasteiger partial charge in [-0.25, -0.2) is 0 Å². The zero-order valence-corrected chi connectivity index (χ0v) is 12.8. The van der Waals surface area contributed by atoms with Crippen LogP contribution < -0.4 is 10.1 Å². The van der Waals surface area contributed by atoms with E-state index in [2.05, 4.69) is 51.6 Å². The third kappa shape index (κ3) is 3.34. The van der Waals surface area contributed by atoms with Crippen LogP contribution in [0.1, 0.15) is 16.5 Å². The van der Waals surface area contributed by atoms with E-state index in [0.29, 0.717) is 6.04 Å². The summed E-state index contributed by atoms with van der Waals surface area (Å²) in [6.45, 7) is 0. The summed E-state index contributed by atoms with van der Waals surface area (Å²) in [7, 11) is 3.70. The molecule has 0 radical (unpaired) electrons. The molecule has 0 aliphatic rings. The van der Waals surface area contributed by atoms with Crippen molar-refractivity contribution in [1.29, 1.82) is 0 Å². The summed E-state index contributed by atoms with van der Waals surface area (Å²) in [6.07, 6.45) is 0.980. The van der Waals surface area contributed by atoms with E-state index >= 15 is 0 Å². The Balaban J connectivity index is 2.11. The molecule has 0 aliphatic carbocycles. The maximum atomic E-state index is 5.23. The van der Waals surface area contributed by atoms with Crippen LogP contribution in [0, 0.1) is 0 Å². The van der Waals surface area contributed by atoms with Crippen molar-refractivity contribution in [3.63, 3.8) is 0 Å². The van der Waals surface area contributed by atoms with Crippen LogP contribution in [0.3, 0.4) is 0 Å². The number of hydrogen-bond acceptors (Lipinski definition) is 3. The van der Waals surface area contributed by atoms with Crippen molar-refractivity contribution in [3.05, 3.63) is 50.6 Å². The van der Waals surface area contributed by atoms with Gasteiger partial charge in [0.25, 0.3) is 0 Å². The lowest BCUT2D eigenvalue weighted by Crippen LogP contribution is -2.17. The Morgan fingerprint density at radius 3 is 2.61 bits per heavy atom. The maximum Gasteiger partial charge on any atom is 0.129 e. The lowest BCUT2D eigenvalue weighted by molar-refractivity contribution is 0.416. The van der Waals surface area contributed by atoms with E-state index in [-0.39, 0.29) is 0 Å². The van der Waals surface area contributed by atoms with Gasteiger partial charge in [-0.05, 0) is 37.2 Å². The summed E-state index contributed by atoms with van der Waals surface area (Å²) < 4.78 is 6.35. The molecule has 0 aliphatic heterocycles. The number of nitrogens with one attached hydrogen (secondary N) is 1. The fraction of sp³-hybridized carbons (Fsp3) is 0.286. The molecular weight excluding hydrogens is 310 g/mol. The molecule has 0 spiro atoms. The lowest BCUT2D eigenvalue weighted by Gasteiger charge is -2.14. The molecule has 0 bridgehead atoms. The summed E-state index contributed by atoms with van der Waals surface area (Å²) in [6, 6.07) is 10.9. The predicted molar refractivity (Wildman–Crippen MR) is 80.5 cm³/mol. The molecule has 2 aromatic rings. The van der Waals surface area contributed by atoms with E-state index in [1.54, 1.807) is 18.4 Å². The van der Waals surface area contributed by atoms with Crippen molar-refractivity contribution in [2.75, 3.05) is 14.2 Å². The standard InChI is InChI=1S/C14H16BrNOS/c1-16-13(14-8-12(17-2)9-18-14)7-10-3-5-11(15)6-4-10/h3-6,8-9,13,16H,7H2,1-2H3. The monoisotopic (exact) mass is 325 g/mol. The molecule has 2 nitrogen and oxygen atoms in total. The van der Waals surface area contributed by atoms with Crippen molar-refractivity contribution >= 4 is 27.3 Å². The molecule has 0 fully saturated rings. The van der Waals surface area contributed by atoms with Crippen LogP contribution in [0.5, 0.6) is 5.75 Å². The number of halogens is 1. The first-order chi connectivity index (χ1) is 8.72. The minimum Gasteiger partial charge on any atom is -0.496 e. The van der Waals surface area contributed by atoms with Gasteiger partial charge in [0.05, 0.1) is 7.11 Å². The number of likely N-dealkylation sites (N-methyl/N-ethyl adjacent to an activating group) is 1. The lowest BCUT2D eigenvalue weighted by atomic mass is 10.1. The largest absolute Gasteiger partial charge is 0.496 e. The van der Waals surface area contributed by atoms with Gasteiger partial charge in [0.1, 0.15) is 5.75 Å². The van der Waals surface area contributed by atoms with Crippen LogP contribution in [0.4, 0.5) is 0 Å². The van der Waals surface area contributed by atoms with Gasteiger partial charge < -0.3 is 10.1 Å². The van der Waals surface area contributed by atoms with Gasteiger partial charge in [0.15, 0.2) is 0 Å². The normalized spacial score (nSPS) is 12.4. The zero-order valence-electron chi connectivity index (χ0n) is 10.4. The van der Waals surface area contributed by atoms with Crippen LogP contribution in [0.2, 0.25) is 0 Å². The number of ether oxygens (including phenoxy) is 1. The van der Waals surface area contributed by atoms with Gasteiger partial charge in [-0.2, -0.15) is 0 Å². The number of methoxy groups -OCH3 is 1. The number of rotatable bonds is 5. The quantitative estimate of drug-likeness (QED) is 0.896. The molecule has 96 valence electrons. The first kappa shape index (κ1) is 13.6. The number of thiophene rings is 1. The molecular formula is C14H16BrNOS. The molecule has 1 aromatic heterocycles. The average molecular weight is 326 g/mol. The number of hydrogen-bond donors (Lipinski definition) is 1. The summed E-state index contributed by atoms with van der Waals surface area (Å²) in [4.78, 5) is 1.30. The fourth-order valence-corrected chi connectivity index (χ4v) is 3.06. The molecule has 1 heterocycles. The van der Waals surface area contributed by atoms with E-state index in [9.17, 15) is 0 Å². The van der Waals surface area contributed by atoms with Crippen molar-refractivity contribution in [2.45, 2.75) is 12.5 Å². The Morgan fingerprint density at radius 2 is 2.06 bits per heavy atom. The highest BCUT2D eigenvalue weighted by Crippen LogP contribution is 2.29. The molecule has 18 heavy (non-hydrogen) atoms. The van der Waals surface area contributed by atoms with Gasteiger partial charge in [0, 0.05) is 20.8 Å². The second-order valence-corrected chi connectivity index (χ2v) is 5.92. The Bertz CT molecular complexity index is 495. The summed E-state index contributed by atoms with van der Waals surface area (Å²) in [5.41, 5.74) is 1.32. The van der Waals surface area contributed by atoms with E-state index in [4.69, 9.17) is 4.74 Å². The fourth-order valence-electron chi connectivity index (χ4n) is 1.83. The third-order valence-corrected chi connectivity index (χ3v) is 4.43. The molecule has 2 rings (SSSR count). The van der Waals surface area contributed by atoms with Crippen LogP contribution in [0.25, 0.3) is 0 Å². The van der Waals surface area contributed by atoms with Gasteiger partial charge in [-0.15, -0.1) is 11.3 Å². The van der Waals surface area contributed by atoms with Crippen molar-refractivity contribution < 1.29 is 4.74 Å². The Morgan fingerprint density at radius 1 is 1.33 bits per heavy atom. The van der Waals surface area contributed by atoms with Gasteiger partial charge in [-0.3, -0.25) is 0 Å². The van der Waals surface area contributed by atoms with E-state index in [1.165, 1.54) is 10.4 Å². The van der Waals surface area contributed by atoms with Crippen molar-refractivity contribution in [1.82, 2.24) is 5.32 Å². The Kier molecular flexibility index (Phi) is 4.80. The molecule has 0 saturated carbocycles. The van der Waals surface area contributed by atoms with Gasteiger partial charge >= 0.3 is 0 Å². The second-order valence-electron chi connectivity index (χ2n) is 4.06. The van der Waals surface area contributed by atoms with E-state index < -0.39 is 0 Å². The van der Waals surface area contributed by atoms with Crippen LogP contribution in [0.15, 0.2) is 40.2 Å². The van der Waals surface area contributed by atoms with Crippen LogP contribution in [-0.2, 0) is 6.42 Å². The van der Waals surface area contributed by atoms with Crippen molar-refractivity contribution in [2.24, 2.45) is 0 Å². The first-order valence-electron chi connectivity index (χ1n) is 5.77. The highest BCUT2D eigenvalue weighted by molar-refractivity contribution is 9.10. The molecule has 1 N–H and O–H groups in total. The maximum absolute atomic E-state index is 5.23. The average Bonchev–Trinajstić information content (AvgIpc) is 2.87. The predicted octanol–water partition coefficient (Wildman–Crippen LogP) is 4.02. The Labute approximate surface area is 120 Å². The molecule has 1 atom stereocenters. The number of benzene rings is 1. The third-order valence-electron chi connectivity index (χ3n) is 2.88. The van der Waals surface area contributed by atoms with E-state index in [1.807, 2.05) is 12.4 Å². The van der Waals surface area contributed by atoms with Gasteiger partial charge in [0.2, 0.25) is 0 Å². The highest BCUT2D eigenvalue weighted by Gasteiger charge is 2.13. The molecule has 1 aromatic carbocycles. The smallest absolute Gasteiger partial charge is 0.129 e. The SMILES string of the molecule is CNC(Cc1ccc(Br)cc1)c1cc(OC)cs1. The zero-order chi connectivity index (χ0) is 13.0. The first-order valence-corrected chi connectivity index (χ1v) is 7.44. The minimum atomic E-state index is 0.333. The topological polar surface area (TPSA) is 21.3 Å². The van der Waals surface area contributed by atoms with Crippen LogP contribution in [-0.4, -0.2) is 14.2 Å². The van der Waals surface area contributed by atoms with E-state index in [0.717, 1.165) is 16.6 Å². The van der Waals surface area contributed by atoms with Crippen molar-refractivity contribution in [3.8, 4) is 5.75 Å². The molecule has 1 unspecified atom stereocenters. The minimum absolute atomic E-state index is 0.333.